The Balaban J connectivity index is 2.11. The van der Waals surface area contributed by atoms with Gasteiger partial charge in [-0.05, 0) is 41.0 Å². The predicted octanol–water partition coefficient (Wildman–Crippen LogP) is 5.57. The van der Waals surface area contributed by atoms with E-state index in [1.807, 2.05) is 54.6 Å². The van der Waals surface area contributed by atoms with Crippen LogP contribution in [0.1, 0.15) is 64.6 Å². The van der Waals surface area contributed by atoms with Crippen molar-refractivity contribution in [2.45, 2.75) is 53.5 Å². The second kappa shape index (κ2) is 12.4. The summed E-state index contributed by atoms with van der Waals surface area (Å²) in [7, 11) is -3.51. The van der Waals surface area contributed by atoms with Gasteiger partial charge in [0.1, 0.15) is 5.75 Å². The highest BCUT2D eigenvalue weighted by Gasteiger charge is 2.22. The molecule has 0 bridgehead atoms. The Bertz CT molecular complexity index is 907. The molecule has 6 heteroatoms. The van der Waals surface area contributed by atoms with Crippen LogP contribution in [-0.2, 0) is 14.8 Å². The van der Waals surface area contributed by atoms with Crippen molar-refractivity contribution in [3.8, 4) is 5.75 Å². The van der Waals surface area contributed by atoms with E-state index in [0.717, 1.165) is 23.3 Å². The fraction of sp³-hybridized carbons (Fsp3) is 0.538. The lowest BCUT2D eigenvalue weighted by Crippen LogP contribution is -2.32. The monoisotopic (exact) mass is 461 g/mol. The molecule has 0 aliphatic carbocycles. The van der Waals surface area contributed by atoms with E-state index in [9.17, 15) is 8.42 Å². The number of benzene rings is 2. The molecule has 0 aliphatic rings. The van der Waals surface area contributed by atoms with Crippen molar-refractivity contribution in [1.29, 1.82) is 0 Å². The summed E-state index contributed by atoms with van der Waals surface area (Å²) in [6, 6.07) is 16.8. The third-order valence-electron chi connectivity index (χ3n) is 5.09. The van der Waals surface area contributed by atoms with Crippen LogP contribution in [0.3, 0.4) is 0 Å². The normalized spacial score (nSPS) is 14.2. The van der Waals surface area contributed by atoms with Crippen LogP contribution in [0.5, 0.6) is 5.75 Å². The van der Waals surface area contributed by atoms with Gasteiger partial charge in [-0.3, -0.25) is 0 Å². The van der Waals surface area contributed by atoms with E-state index >= 15 is 0 Å². The zero-order valence-corrected chi connectivity index (χ0v) is 21.0. The number of hydrogen-bond donors (Lipinski definition) is 1. The van der Waals surface area contributed by atoms with E-state index in [1.54, 1.807) is 0 Å². The van der Waals surface area contributed by atoms with E-state index in [2.05, 4.69) is 39.3 Å². The standard InChI is InChI=1S/C26H39NO4S/c1-6-21(2)19-31-24-15-10-14-23(18-24)25(22-12-8-7-9-13-22)27-32(28,29)17-11-16-30-20-26(3,4)5/h7-10,12-15,18,21,25,27H,6,11,16-17,19-20H2,1-5H3/t21-,25?/m0/s1. The van der Waals surface area contributed by atoms with Crippen LogP contribution in [0.15, 0.2) is 54.6 Å². The molecule has 2 atom stereocenters. The third kappa shape index (κ3) is 9.72. The summed E-state index contributed by atoms with van der Waals surface area (Å²) in [5, 5.41) is 0. The SMILES string of the molecule is CC[C@H](C)COc1cccc(C(NS(=O)(=O)CCCOCC(C)(C)C)c2ccccc2)c1. The van der Waals surface area contributed by atoms with Gasteiger partial charge < -0.3 is 9.47 Å². The van der Waals surface area contributed by atoms with Crippen LogP contribution < -0.4 is 9.46 Å². The molecule has 1 N–H and O–H groups in total. The summed E-state index contributed by atoms with van der Waals surface area (Å²) >= 11 is 0. The Morgan fingerprint density at radius 1 is 1.00 bits per heavy atom. The zero-order chi connectivity index (χ0) is 23.6. The first kappa shape index (κ1) is 26.4. The first-order chi connectivity index (χ1) is 15.1. The number of sulfonamides is 1. The minimum atomic E-state index is -3.51. The maximum atomic E-state index is 12.9. The third-order valence-corrected chi connectivity index (χ3v) is 6.51. The molecule has 0 heterocycles. The summed E-state index contributed by atoms with van der Waals surface area (Å²) in [4.78, 5) is 0. The van der Waals surface area contributed by atoms with Crippen molar-refractivity contribution in [1.82, 2.24) is 4.72 Å². The van der Waals surface area contributed by atoms with Gasteiger partial charge in [0.15, 0.2) is 0 Å². The summed E-state index contributed by atoms with van der Waals surface area (Å²) in [6.45, 7) is 12.2. The number of hydrogen-bond acceptors (Lipinski definition) is 4. The molecule has 178 valence electrons. The molecule has 0 aromatic heterocycles. The summed E-state index contributed by atoms with van der Waals surface area (Å²) in [5.41, 5.74) is 1.81. The van der Waals surface area contributed by atoms with Gasteiger partial charge in [0.05, 0.1) is 25.0 Å². The maximum absolute atomic E-state index is 12.9. The Morgan fingerprint density at radius 3 is 2.34 bits per heavy atom. The quantitative estimate of drug-likeness (QED) is 0.396. The molecule has 1 unspecified atom stereocenters. The molecule has 0 fully saturated rings. The van der Waals surface area contributed by atoms with Gasteiger partial charge in [-0.15, -0.1) is 0 Å². The molecule has 32 heavy (non-hydrogen) atoms. The Kier molecular flexibility index (Phi) is 10.2. The highest BCUT2D eigenvalue weighted by atomic mass is 32.2. The van der Waals surface area contributed by atoms with Crippen LogP contribution in [0, 0.1) is 11.3 Å². The molecule has 5 nitrogen and oxygen atoms in total. The lowest BCUT2D eigenvalue weighted by molar-refractivity contribution is 0.0720. The van der Waals surface area contributed by atoms with Crippen molar-refractivity contribution >= 4 is 10.0 Å². The Morgan fingerprint density at radius 2 is 1.69 bits per heavy atom. The van der Waals surface area contributed by atoms with Crippen LogP contribution in [0.25, 0.3) is 0 Å². The molecule has 2 aromatic rings. The van der Waals surface area contributed by atoms with Crippen molar-refractivity contribution in [3.63, 3.8) is 0 Å². The minimum Gasteiger partial charge on any atom is -0.493 e. The van der Waals surface area contributed by atoms with E-state index in [-0.39, 0.29) is 11.2 Å². The van der Waals surface area contributed by atoms with Crippen molar-refractivity contribution < 1.29 is 17.9 Å². The lowest BCUT2D eigenvalue weighted by Gasteiger charge is -2.21. The zero-order valence-electron chi connectivity index (χ0n) is 20.1. The van der Waals surface area contributed by atoms with Gasteiger partial charge in [-0.1, -0.05) is 83.5 Å². The molecule has 0 radical (unpaired) electrons. The van der Waals surface area contributed by atoms with Crippen LogP contribution >= 0.6 is 0 Å². The summed E-state index contributed by atoms with van der Waals surface area (Å²) in [5.74, 6) is 1.23. The van der Waals surface area contributed by atoms with Crippen LogP contribution in [0.4, 0.5) is 0 Å². The molecule has 2 aromatic carbocycles. The second-order valence-corrected chi connectivity index (χ2v) is 11.5. The number of nitrogens with one attached hydrogen (secondary N) is 1. The minimum absolute atomic E-state index is 0.0185. The van der Waals surface area contributed by atoms with Crippen molar-refractivity contribution in [2.24, 2.45) is 11.3 Å². The Labute approximate surface area is 194 Å². The maximum Gasteiger partial charge on any atom is 0.212 e. The van der Waals surface area contributed by atoms with Crippen molar-refractivity contribution in [3.05, 3.63) is 65.7 Å². The highest BCUT2D eigenvalue weighted by Crippen LogP contribution is 2.26. The second-order valence-electron chi connectivity index (χ2n) is 9.64. The molecule has 0 saturated heterocycles. The van der Waals surface area contributed by atoms with Gasteiger partial charge in [-0.2, -0.15) is 0 Å². The molecule has 0 amide bonds. The predicted molar refractivity (Wildman–Crippen MR) is 131 cm³/mol. The fourth-order valence-corrected chi connectivity index (χ4v) is 4.33. The van der Waals surface area contributed by atoms with Gasteiger partial charge in [-0.25, -0.2) is 13.1 Å². The van der Waals surface area contributed by atoms with E-state index < -0.39 is 16.1 Å². The lowest BCUT2D eigenvalue weighted by atomic mass is 9.99. The topological polar surface area (TPSA) is 64.6 Å². The molecular formula is C26H39NO4S. The molecule has 0 spiro atoms. The van der Waals surface area contributed by atoms with Crippen molar-refractivity contribution in [2.75, 3.05) is 25.6 Å². The van der Waals surface area contributed by atoms with Gasteiger partial charge in [0.25, 0.3) is 0 Å². The number of rotatable bonds is 13. The van der Waals surface area contributed by atoms with Gasteiger partial charge >= 0.3 is 0 Å². The largest absolute Gasteiger partial charge is 0.493 e. The number of ether oxygens (including phenoxy) is 2. The van der Waals surface area contributed by atoms with E-state index in [4.69, 9.17) is 9.47 Å². The molecule has 0 saturated carbocycles. The molecule has 2 rings (SSSR count). The fourth-order valence-electron chi connectivity index (χ4n) is 3.08. The van der Waals surface area contributed by atoms with Gasteiger partial charge in [0.2, 0.25) is 10.0 Å². The first-order valence-electron chi connectivity index (χ1n) is 11.4. The van der Waals surface area contributed by atoms with E-state index in [1.165, 1.54) is 0 Å². The summed E-state index contributed by atoms with van der Waals surface area (Å²) < 4.78 is 40.2. The molecular weight excluding hydrogens is 422 g/mol. The van der Waals surface area contributed by atoms with Gasteiger partial charge in [0, 0.05) is 6.61 Å². The first-order valence-corrected chi connectivity index (χ1v) is 13.1. The van der Waals surface area contributed by atoms with E-state index in [0.29, 0.717) is 32.2 Å². The molecule has 0 aliphatic heterocycles. The highest BCUT2D eigenvalue weighted by molar-refractivity contribution is 7.89. The average molecular weight is 462 g/mol. The Hall–Kier alpha value is -1.89. The smallest absolute Gasteiger partial charge is 0.212 e. The van der Waals surface area contributed by atoms with Crippen LogP contribution in [0.2, 0.25) is 0 Å². The summed E-state index contributed by atoms with van der Waals surface area (Å²) in [6.07, 6.45) is 1.50. The average Bonchev–Trinajstić information content (AvgIpc) is 2.75. The van der Waals surface area contributed by atoms with Crippen LogP contribution in [-0.4, -0.2) is 34.0 Å².